The van der Waals surface area contributed by atoms with Gasteiger partial charge < -0.3 is 4.98 Å². The van der Waals surface area contributed by atoms with Crippen LogP contribution in [0.15, 0.2) is 36.5 Å². The fraction of sp³-hybridized carbons (Fsp3) is 0. The summed E-state index contributed by atoms with van der Waals surface area (Å²) in [5.74, 6) is -0.111. The van der Waals surface area contributed by atoms with Crippen molar-refractivity contribution in [2.75, 3.05) is 0 Å². The summed E-state index contributed by atoms with van der Waals surface area (Å²) in [5, 5.41) is 0.890. The van der Waals surface area contributed by atoms with Crippen LogP contribution >= 0.6 is 34.5 Å². The van der Waals surface area contributed by atoms with Gasteiger partial charge >= 0.3 is 0 Å². The smallest absolute Gasteiger partial charge is 0.197 e. The molecule has 0 aliphatic heterocycles. The second kappa shape index (κ2) is 4.43. The highest BCUT2D eigenvalue weighted by Crippen LogP contribution is 2.33. The monoisotopic (exact) mass is 295 g/mol. The third-order valence-electron chi connectivity index (χ3n) is 2.74. The topological polar surface area (TPSA) is 32.9 Å². The van der Waals surface area contributed by atoms with Crippen molar-refractivity contribution in [3.63, 3.8) is 0 Å². The number of carbonyl (C=O) groups excluding carboxylic acids is 1. The summed E-state index contributed by atoms with van der Waals surface area (Å²) in [7, 11) is 0. The maximum atomic E-state index is 12.4. The van der Waals surface area contributed by atoms with Gasteiger partial charge in [-0.1, -0.05) is 41.4 Å². The van der Waals surface area contributed by atoms with E-state index in [1.807, 2.05) is 24.3 Å². The molecule has 3 aromatic rings. The number of H-pyrrole nitrogens is 1. The lowest BCUT2D eigenvalue weighted by atomic mass is 10.1. The quantitative estimate of drug-likeness (QED) is 0.679. The van der Waals surface area contributed by atoms with Gasteiger partial charge in [0.05, 0.1) is 9.90 Å². The number of para-hydroxylation sites is 1. The van der Waals surface area contributed by atoms with Crippen LogP contribution in [-0.2, 0) is 0 Å². The first-order valence-electron chi connectivity index (χ1n) is 5.22. The molecule has 0 bridgehead atoms. The summed E-state index contributed by atoms with van der Waals surface area (Å²) in [5.41, 5.74) is 2.00. The minimum atomic E-state index is -0.111. The van der Waals surface area contributed by atoms with Gasteiger partial charge in [-0.15, -0.1) is 11.3 Å². The molecule has 0 unspecified atom stereocenters. The van der Waals surface area contributed by atoms with Crippen LogP contribution in [0.2, 0.25) is 8.67 Å². The van der Waals surface area contributed by atoms with E-state index in [4.69, 9.17) is 23.2 Å². The number of aromatic amines is 1. The van der Waals surface area contributed by atoms with Crippen molar-refractivity contribution < 1.29 is 4.79 Å². The molecule has 0 saturated heterocycles. The fourth-order valence-corrected chi connectivity index (χ4v) is 3.36. The van der Waals surface area contributed by atoms with Crippen LogP contribution in [0.1, 0.15) is 15.9 Å². The first kappa shape index (κ1) is 11.8. The highest BCUT2D eigenvalue weighted by molar-refractivity contribution is 7.20. The molecule has 90 valence electrons. The largest absolute Gasteiger partial charge is 0.360 e. The Morgan fingerprint density at radius 2 is 1.94 bits per heavy atom. The Morgan fingerprint density at radius 3 is 2.67 bits per heavy atom. The Kier molecular flexibility index (Phi) is 2.90. The molecule has 2 aromatic heterocycles. The lowest BCUT2D eigenvalue weighted by Gasteiger charge is -1.97. The zero-order valence-electron chi connectivity index (χ0n) is 9.04. The number of halogens is 2. The van der Waals surface area contributed by atoms with Crippen molar-refractivity contribution >= 4 is 51.2 Å². The number of benzene rings is 1. The number of hydrogen-bond acceptors (Lipinski definition) is 2. The predicted octanol–water partition coefficient (Wildman–Crippen LogP) is 4.77. The Balaban J connectivity index is 2.15. The van der Waals surface area contributed by atoms with Gasteiger partial charge in [-0.05, 0) is 12.1 Å². The second-order valence-corrected chi connectivity index (χ2v) is 6.10. The van der Waals surface area contributed by atoms with Gasteiger partial charge in [-0.25, -0.2) is 0 Å². The van der Waals surface area contributed by atoms with E-state index in [-0.39, 0.29) is 5.78 Å². The summed E-state index contributed by atoms with van der Waals surface area (Å²) in [6, 6.07) is 9.25. The van der Waals surface area contributed by atoms with Crippen LogP contribution in [-0.4, -0.2) is 10.8 Å². The number of ketones is 1. The maximum Gasteiger partial charge on any atom is 0.197 e. The van der Waals surface area contributed by atoms with E-state index >= 15 is 0 Å². The number of fused-ring (bicyclic) bond motifs is 1. The SMILES string of the molecule is O=C(c1cc(Cl)sc1Cl)c1c[nH]c2ccccc12. The minimum Gasteiger partial charge on any atom is -0.360 e. The molecule has 0 amide bonds. The third-order valence-corrected chi connectivity index (χ3v) is 4.22. The molecule has 0 saturated carbocycles. The Labute approximate surface area is 117 Å². The lowest BCUT2D eigenvalue weighted by Crippen LogP contribution is -1.98. The van der Waals surface area contributed by atoms with Gasteiger partial charge in [-0.2, -0.15) is 0 Å². The average molecular weight is 296 g/mol. The van der Waals surface area contributed by atoms with E-state index < -0.39 is 0 Å². The van der Waals surface area contributed by atoms with Crippen LogP contribution in [0, 0.1) is 0 Å². The van der Waals surface area contributed by atoms with Crippen LogP contribution < -0.4 is 0 Å². The lowest BCUT2D eigenvalue weighted by molar-refractivity contribution is 0.104. The van der Waals surface area contributed by atoms with Crippen molar-refractivity contribution in [1.82, 2.24) is 4.98 Å². The van der Waals surface area contributed by atoms with E-state index in [1.165, 1.54) is 11.3 Å². The van der Waals surface area contributed by atoms with Crippen LogP contribution in [0.5, 0.6) is 0 Å². The first-order chi connectivity index (χ1) is 8.66. The molecule has 0 radical (unpaired) electrons. The van der Waals surface area contributed by atoms with Crippen LogP contribution in [0.4, 0.5) is 0 Å². The van der Waals surface area contributed by atoms with Crippen LogP contribution in [0.25, 0.3) is 10.9 Å². The summed E-state index contributed by atoms with van der Waals surface area (Å²) in [6.07, 6.45) is 1.70. The molecular weight excluding hydrogens is 289 g/mol. The van der Waals surface area contributed by atoms with Gasteiger partial charge in [0.15, 0.2) is 5.78 Å². The molecule has 0 aliphatic rings. The Morgan fingerprint density at radius 1 is 1.17 bits per heavy atom. The summed E-state index contributed by atoms with van der Waals surface area (Å²) >= 11 is 13.1. The highest BCUT2D eigenvalue weighted by Gasteiger charge is 2.18. The predicted molar refractivity (Wildman–Crippen MR) is 76.1 cm³/mol. The Bertz CT molecular complexity index is 744. The first-order valence-corrected chi connectivity index (χ1v) is 6.79. The van der Waals surface area contributed by atoms with Crippen molar-refractivity contribution in [3.8, 4) is 0 Å². The summed E-state index contributed by atoms with van der Waals surface area (Å²) < 4.78 is 0.943. The normalized spacial score (nSPS) is 11.0. The van der Waals surface area contributed by atoms with Crippen LogP contribution in [0.3, 0.4) is 0 Å². The number of carbonyl (C=O) groups is 1. The molecule has 0 aliphatic carbocycles. The number of rotatable bonds is 2. The third kappa shape index (κ3) is 1.85. The van der Waals surface area contributed by atoms with Gasteiger partial charge in [0.1, 0.15) is 4.34 Å². The molecule has 2 heterocycles. The molecule has 18 heavy (non-hydrogen) atoms. The molecule has 3 rings (SSSR count). The fourth-order valence-electron chi connectivity index (χ4n) is 1.90. The molecule has 0 atom stereocenters. The number of thiophene rings is 1. The molecule has 0 spiro atoms. The maximum absolute atomic E-state index is 12.4. The zero-order valence-corrected chi connectivity index (χ0v) is 11.4. The van der Waals surface area contributed by atoms with Crippen molar-refractivity contribution in [1.29, 1.82) is 0 Å². The molecule has 2 nitrogen and oxygen atoms in total. The standard InChI is InChI=1S/C13H7Cl2NOS/c14-11-5-8(13(15)18-11)12(17)9-6-16-10-4-2-1-3-7(9)10/h1-6,16H. The number of nitrogens with one attached hydrogen (secondary N) is 1. The molecule has 1 aromatic carbocycles. The number of aromatic nitrogens is 1. The minimum absolute atomic E-state index is 0.111. The van der Waals surface area contributed by atoms with E-state index in [0.29, 0.717) is 19.8 Å². The van der Waals surface area contributed by atoms with E-state index in [1.54, 1.807) is 12.3 Å². The number of hydrogen-bond donors (Lipinski definition) is 1. The molecule has 0 fully saturated rings. The Hall–Kier alpha value is -1.29. The zero-order chi connectivity index (χ0) is 12.7. The molecule has 5 heteroatoms. The second-order valence-electron chi connectivity index (χ2n) is 3.81. The van der Waals surface area contributed by atoms with Crippen molar-refractivity contribution in [2.45, 2.75) is 0 Å². The van der Waals surface area contributed by atoms with Gasteiger partial charge in [0.25, 0.3) is 0 Å². The molecular formula is C13H7Cl2NOS. The van der Waals surface area contributed by atoms with E-state index in [0.717, 1.165) is 10.9 Å². The summed E-state index contributed by atoms with van der Waals surface area (Å²) in [4.78, 5) is 15.5. The van der Waals surface area contributed by atoms with Gasteiger partial charge in [-0.3, -0.25) is 4.79 Å². The van der Waals surface area contributed by atoms with Crippen molar-refractivity contribution in [2.24, 2.45) is 0 Å². The highest BCUT2D eigenvalue weighted by atomic mass is 35.5. The van der Waals surface area contributed by atoms with Crippen molar-refractivity contribution in [3.05, 3.63) is 56.3 Å². The molecule has 1 N–H and O–H groups in total. The summed E-state index contributed by atoms with van der Waals surface area (Å²) in [6.45, 7) is 0. The van der Waals surface area contributed by atoms with Gasteiger partial charge in [0.2, 0.25) is 0 Å². The van der Waals surface area contributed by atoms with E-state index in [2.05, 4.69) is 4.98 Å². The van der Waals surface area contributed by atoms with Gasteiger partial charge in [0, 0.05) is 22.7 Å². The van der Waals surface area contributed by atoms with E-state index in [9.17, 15) is 4.79 Å². The average Bonchev–Trinajstić information content (AvgIpc) is 2.92.